The van der Waals surface area contributed by atoms with Crippen molar-refractivity contribution in [3.8, 4) is 0 Å². The van der Waals surface area contributed by atoms with Gasteiger partial charge in [0.05, 0.1) is 5.00 Å². The molecule has 5 nitrogen and oxygen atoms in total. The summed E-state index contributed by atoms with van der Waals surface area (Å²) >= 11 is 1.83. The molecule has 1 aromatic rings. The van der Waals surface area contributed by atoms with Crippen LogP contribution in [0.5, 0.6) is 0 Å². The number of nitrogens with zero attached hydrogens (tertiary/aromatic N) is 3. The molecule has 1 aromatic heterocycles. The van der Waals surface area contributed by atoms with Gasteiger partial charge in [-0.15, -0.1) is 35.3 Å². The Balaban J connectivity index is 0.00000312. The number of hydrogen-bond donors (Lipinski definition) is 2. The lowest BCUT2D eigenvalue weighted by atomic mass is 10.1. The first-order valence-electron chi connectivity index (χ1n) is 9.10. The van der Waals surface area contributed by atoms with E-state index in [-0.39, 0.29) is 24.0 Å². The zero-order valence-electron chi connectivity index (χ0n) is 16.0. The predicted molar refractivity (Wildman–Crippen MR) is 122 cm³/mol. The number of nitrogens with one attached hydrogen (secondary N) is 2. The van der Waals surface area contributed by atoms with Crippen molar-refractivity contribution in [3.05, 3.63) is 17.5 Å². The number of aliphatic imine (C=N–C) groups is 1. The van der Waals surface area contributed by atoms with Crippen molar-refractivity contribution in [2.75, 3.05) is 45.2 Å². The Bertz CT molecular complexity index is 486. The van der Waals surface area contributed by atoms with Crippen molar-refractivity contribution in [3.63, 3.8) is 0 Å². The summed E-state index contributed by atoms with van der Waals surface area (Å²) in [4.78, 5) is 9.25. The summed E-state index contributed by atoms with van der Waals surface area (Å²) < 4.78 is 0. The van der Waals surface area contributed by atoms with E-state index in [4.69, 9.17) is 0 Å². The quantitative estimate of drug-likeness (QED) is 0.358. The van der Waals surface area contributed by atoms with Crippen LogP contribution in [0.1, 0.15) is 33.1 Å². The van der Waals surface area contributed by atoms with E-state index < -0.39 is 0 Å². The van der Waals surface area contributed by atoms with Gasteiger partial charge in [-0.3, -0.25) is 4.99 Å². The monoisotopic (exact) mass is 479 g/mol. The third-order valence-corrected chi connectivity index (χ3v) is 5.91. The summed E-state index contributed by atoms with van der Waals surface area (Å²) in [6.45, 7) is 8.70. The maximum Gasteiger partial charge on any atom is 0.191 e. The molecule has 1 unspecified atom stereocenters. The first-order chi connectivity index (χ1) is 11.6. The zero-order chi connectivity index (χ0) is 17.4. The molecule has 2 rings (SSSR count). The molecule has 0 spiro atoms. The van der Waals surface area contributed by atoms with Gasteiger partial charge in [0.25, 0.3) is 0 Å². The number of halogens is 1. The molecule has 2 heterocycles. The fourth-order valence-electron chi connectivity index (χ4n) is 2.96. The summed E-state index contributed by atoms with van der Waals surface area (Å²) in [6.07, 6.45) is 3.50. The summed E-state index contributed by atoms with van der Waals surface area (Å²) in [5.74, 6) is 0.933. The van der Waals surface area contributed by atoms with Crippen LogP contribution in [-0.2, 0) is 0 Å². The number of rotatable bonds is 7. The van der Waals surface area contributed by atoms with Crippen LogP contribution in [0, 0.1) is 0 Å². The van der Waals surface area contributed by atoms with Gasteiger partial charge in [0.1, 0.15) is 0 Å². The van der Waals surface area contributed by atoms with E-state index in [0.29, 0.717) is 12.1 Å². The zero-order valence-corrected chi connectivity index (χ0v) is 19.1. The molecule has 2 N–H and O–H groups in total. The minimum absolute atomic E-state index is 0. The van der Waals surface area contributed by atoms with E-state index in [1.54, 1.807) is 0 Å². The highest BCUT2D eigenvalue weighted by Gasteiger charge is 2.20. The first kappa shape index (κ1) is 22.5. The van der Waals surface area contributed by atoms with E-state index in [1.165, 1.54) is 11.4 Å². The predicted octanol–water partition coefficient (Wildman–Crippen LogP) is 3.23. The first-order valence-corrected chi connectivity index (χ1v) is 9.97. The van der Waals surface area contributed by atoms with Crippen LogP contribution in [0.4, 0.5) is 5.00 Å². The highest BCUT2D eigenvalue weighted by molar-refractivity contribution is 14.0. The molecule has 0 amide bonds. The fourth-order valence-corrected chi connectivity index (χ4v) is 3.75. The summed E-state index contributed by atoms with van der Waals surface area (Å²) in [6, 6.07) is 5.49. The second kappa shape index (κ2) is 12.0. The van der Waals surface area contributed by atoms with Crippen molar-refractivity contribution in [2.24, 2.45) is 4.99 Å². The summed E-state index contributed by atoms with van der Waals surface area (Å²) in [7, 11) is 4.04. The van der Waals surface area contributed by atoms with E-state index in [0.717, 1.165) is 45.0 Å². The van der Waals surface area contributed by atoms with Gasteiger partial charge in [-0.1, -0.05) is 6.92 Å². The minimum Gasteiger partial charge on any atom is -0.363 e. The van der Waals surface area contributed by atoms with Crippen LogP contribution < -0.4 is 15.5 Å². The molecule has 25 heavy (non-hydrogen) atoms. The number of thiophene rings is 1. The lowest BCUT2D eigenvalue weighted by Crippen LogP contribution is -2.49. The summed E-state index contributed by atoms with van der Waals surface area (Å²) in [5, 5.41) is 10.6. The minimum atomic E-state index is 0. The molecular weight excluding hydrogens is 445 g/mol. The molecule has 0 saturated carbocycles. The Kier molecular flexibility index (Phi) is 10.8. The van der Waals surface area contributed by atoms with Crippen LogP contribution in [0.25, 0.3) is 0 Å². The lowest BCUT2D eigenvalue weighted by molar-refractivity contribution is 0.255. The molecule has 1 aliphatic rings. The van der Waals surface area contributed by atoms with E-state index in [1.807, 2.05) is 18.4 Å². The number of anilines is 1. The molecule has 7 heteroatoms. The van der Waals surface area contributed by atoms with Gasteiger partial charge in [0.2, 0.25) is 0 Å². The van der Waals surface area contributed by atoms with Gasteiger partial charge < -0.3 is 20.4 Å². The number of hydrogen-bond acceptors (Lipinski definition) is 4. The maximum atomic E-state index is 4.38. The van der Waals surface area contributed by atoms with Crippen LogP contribution >= 0.6 is 35.3 Å². The fraction of sp³-hybridized carbons (Fsp3) is 0.722. The van der Waals surface area contributed by atoms with Crippen molar-refractivity contribution >= 4 is 46.3 Å². The molecular formula is C18H34IN5S. The van der Waals surface area contributed by atoms with E-state index >= 15 is 0 Å². The molecule has 0 aliphatic carbocycles. The molecule has 1 fully saturated rings. The summed E-state index contributed by atoms with van der Waals surface area (Å²) in [5.41, 5.74) is 0. The van der Waals surface area contributed by atoms with Crippen molar-refractivity contribution < 1.29 is 0 Å². The van der Waals surface area contributed by atoms with E-state index in [9.17, 15) is 0 Å². The maximum absolute atomic E-state index is 4.38. The van der Waals surface area contributed by atoms with Crippen LogP contribution in [0.3, 0.4) is 0 Å². The number of piperidine rings is 1. The molecule has 0 radical (unpaired) electrons. The average Bonchev–Trinajstić information content (AvgIpc) is 3.15. The van der Waals surface area contributed by atoms with Crippen LogP contribution in [0.2, 0.25) is 0 Å². The largest absolute Gasteiger partial charge is 0.363 e. The number of guanidine groups is 1. The molecule has 1 aliphatic heterocycles. The van der Waals surface area contributed by atoms with Crippen molar-refractivity contribution in [1.82, 2.24) is 15.5 Å². The smallest absolute Gasteiger partial charge is 0.191 e. The van der Waals surface area contributed by atoms with Crippen molar-refractivity contribution in [2.45, 2.75) is 45.2 Å². The second-order valence-electron chi connectivity index (χ2n) is 6.59. The van der Waals surface area contributed by atoms with Gasteiger partial charge in [-0.05, 0) is 50.7 Å². The molecule has 1 atom stereocenters. The Morgan fingerprint density at radius 3 is 2.72 bits per heavy atom. The second-order valence-corrected chi connectivity index (χ2v) is 7.52. The topological polar surface area (TPSA) is 42.9 Å². The van der Waals surface area contributed by atoms with Gasteiger partial charge in [-0.25, -0.2) is 0 Å². The lowest BCUT2D eigenvalue weighted by Gasteiger charge is -2.33. The molecule has 144 valence electrons. The molecule has 0 aromatic carbocycles. The SMILES string of the molecule is CCC(C)N(C)CCNC(=NC)NC1CCN(c2cccs2)CC1.I. The standard InChI is InChI=1S/C18H33N5S.HI/c1-5-15(2)22(4)13-10-20-18(19-3)21-16-8-11-23(12-9-16)17-7-6-14-24-17;/h6-7,14-16H,5,8-13H2,1-4H3,(H2,19,20,21);1H. The van der Waals surface area contributed by atoms with Crippen LogP contribution in [0.15, 0.2) is 22.5 Å². The Morgan fingerprint density at radius 2 is 2.16 bits per heavy atom. The Hall–Kier alpha value is -0.540. The van der Waals surface area contributed by atoms with E-state index in [2.05, 4.69) is 63.8 Å². The molecule has 1 saturated heterocycles. The van der Waals surface area contributed by atoms with Gasteiger partial charge in [0.15, 0.2) is 5.96 Å². The molecule has 0 bridgehead atoms. The Labute approximate surface area is 174 Å². The van der Waals surface area contributed by atoms with Crippen LogP contribution in [-0.4, -0.2) is 63.2 Å². The van der Waals surface area contributed by atoms with Gasteiger partial charge in [-0.2, -0.15) is 0 Å². The third kappa shape index (κ3) is 7.30. The highest BCUT2D eigenvalue weighted by atomic mass is 127. The number of likely N-dealkylation sites (N-methyl/N-ethyl adjacent to an activating group) is 1. The normalized spacial score (nSPS) is 17.3. The van der Waals surface area contributed by atoms with Gasteiger partial charge in [0, 0.05) is 45.3 Å². The third-order valence-electron chi connectivity index (χ3n) is 4.98. The average molecular weight is 479 g/mol. The van der Waals surface area contributed by atoms with Gasteiger partial charge >= 0.3 is 0 Å². The Morgan fingerprint density at radius 1 is 1.44 bits per heavy atom. The highest BCUT2D eigenvalue weighted by Crippen LogP contribution is 2.24. The van der Waals surface area contributed by atoms with Crippen molar-refractivity contribution in [1.29, 1.82) is 0 Å².